The molecule has 21 heavy (non-hydrogen) atoms. The molecule has 123 valence electrons. The molecule has 2 rings (SSSR count). The number of morpholine rings is 2. The van der Waals surface area contributed by atoms with Gasteiger partial charge >= 0.3 is 0 Å². The highest BCUT2D eigenvalue weighted by Crippen LogP contribution is 2.42. The van der Waals surface area contributed by atoms with Gasteiger partial charge in [-0.3, -0.25) is 4.90 Å². The first-order valence-electron chi connectivity index (χ1n) is 8.66. The van der Waals surface area contributed by atoms with Crippen molar-refractivity contribution < 1.29 is 9.47 Å². The van der Waals surface area contributed by atoms with Gasteiger partial charge in [0.1, 0.15) is 5.66 Å². The maximum Gasteiger partial charge on any atom is 0.114 e. The zero-order chi connectivity index (χ0) is 15.6. The zero-order valence-electron chi connectivity index (χ0n) is 14.6. The predicted molar refractivity (Wildman–Crippen MR) is 85.5 cm³/mol. The average molecular weight is 297 g/mol. The first-order chi connectivity index (χ1) is 9.95. The van der Waals surface area contributed by atoms with E-state index < -0.39 is 0 Å². The fourth-order valence-electron chi connectivity index (χ4n) is 3.83. The van der Waals surface area contributed by atoms with Crippen LogP contribution in [0.1, 0.15) is 60.3 Å². The number of hydrogen-bond acceptors (Lipinski definition) is 3. The molecular formula is C17H33N2O2. The van der Waals surface area contributed by atoms with Crippen LogP contribution in [0.4, 0.5) is 0 Å². The van der Waals surface area contributed by atoms with Crippen molar-refractivity contribution in [2.24, 2.45) is 0 Å². The zero-order valence-corrected chi connectivity index (χ0v) is 14.6. The van der Waals surface area contributed by atoms with Gasteiger partial charge in [-0.1, -0.05) is 27.2 Å². The quantitative estimate of drug-likeness (QED) is 0.783. The lowest BCUT2D eigenvalue weighted by Gasteiger charge is -2.60. The Morgan fingerprint density at radius 1 is 1.05 bits per heavy atom. The third kappa shape index (κ3) is 3.00. The van der Waals surface area contributed by atoms with Gasteiger partial charge in [0.2, 0.25) is 0 Å². The largest absolute Gasteiger partial charge is 0.379 e. The topological polar surface area (TPSA) is 35.8 Å². The molecule has 2 aliphatic heterocycles. The van der Waals surface area contributed by atoms with Gasteiger partial charge in [0, 0.05) is 13.1 Å². The van der Waals surface area contributed by atoms with Crippen LogP contribution in [0.3, 0.4) is 0 Å². The van der Waals surface area contributed by atoms with E-state index in [0.29, 0.717) is 0 Å². The minimum Gasteiger partial charge on any atom is -0.379 e. The summed E-state index contributed by atoms with van der Waals surface area (Å²) < 4.78 is 12.0. The van der Waals surface area contributed by atoms with Gasteiger partial charge in [0.15, 0.2) is 0 Å². The van der Waals surface area contributed by atoms with Crippen LogP contribution in [0.2, 0.25) is 0 Å². The lowest BCUT2D eigenvalue weighted by atomic mass is 9.78. The first-order valence-corrected chi connectivity index (χ1v) is 8.66. The van der Waals surface area contributed by atoms with E-state index >= 15 is 0 Å². The van der Waals surface area contributed by atoms with E-state index in [4.69, 9.17) is 14.8 Å². The van der Waals surface area contributed by atoms with Crippen LogP contribution in [0.5, 0.6) is 0 Å². The smallest absolute Gasteiger partial charge is 0.114 e. The average Bonchev–Trinajstić information content (AvgIpc) is 2.52. The minimum atomic E-state index is -0.255. The highest BCUT2D eigenvalue weighted by atomic mass is 16.5. The summed E-state index contributed by atoms with van der Waals surface area (Å²) >= 11 is 0. The lowest BCUT2D eigenvalue weighted by Crippen LogP contribution is -2.76. The Hall–Kier alpha value is -0.160. The van der Waals surface area contributed by atoms with Gasteiger partial charge in [-0.25, -0.2) is 5.32 Å². The summed E-state index contributed by atoms with van der Waals surface area (Å²) in [4.78, 5) is 2.49. The second-order valence-electron chi connectivity index (χ2n) is 6.93. The number of nitrogens with zero attached hydrogens (tertiary/aromatic N) is 2. The van der Waals surface area contributed by atoms with Gasteiger partial charge < -0.3 is 9.47 Å². The first kappa shape index (κ1) is 17.2. The van der Waals surface area contributed by atoms with Gasteiger partial charge in [-0.15, -0.1) is 0 Å². The van der Waals surface area contributed by atoms with E-state index in [-0.39, 0.29) is 16.8 Å². The van der Waals surface area contributed by atoms with Crippen molar-refractivity contribution in [1.29, 1.82) is 0 Å². The Morgan fingerprint density at radius 2 is 1.71 bits per heavy atom. The lowest BCUT2D eigenvalue weighted by molar-refractivity contribution is -0.227. The van der Waals surface area contributed by atoms with Crippen LogP contribution in [-0.2, 0) is 9.47 Å². The van der Waals surface area contributed by atoms with Crippen LogP contribution >= 0.6 is 0 Å². The Bertz CT molecular complexity index is 346. The fraction of sp³-hybridized carbons (Fsp3) is 1.00. The van der Waals surface area contributed by atoms with Crippen molar-refractivity contribution in [3.8, 4) is 0 Å². The maximum absolute atomic E-state index is 6.47. The Morgan fingerprint density at radius 3 is 2.24 bits per heavy atom. The molecule has 0 saturated carbocycles. The fourth-order valence-corrected chi connectivity index (χ4v) is 3.83. The summed E-state index contributed by atoms with van der Waals surface area (Å²) in [6.45, 7) is 15.5. The highest BCUT2D eigenvalue weighted by Gasteiger charge is 2.57. The molecule has 0 N–H and O–H groups in total. The third-order valence-corrected chi connectivity index (χ3v) is 5.79. The van der Waals surface area contributed by atoms with Crippen molar-refractivity contribution in [1.82, 2.24) is 10.2 Å². The molecule has 0 aromatic carbocycles. The Kier molecular flexibility index (Phi) is 5.35. The summed E-state index contributed by atoms with van der Waals surface area (Å²) in [6.07, 6.45) is 4.31. The van der Waals surface area contributed by atoms with Crippen molar-refractivity contribution in [2.45, 2.75) is 77.1 Å². The molecule has 2 saturated heterocycles. The predicted octanol–water partition coefficient (Wildman–Crippen LogP) is 2.79. The Labute approximate surface area is 130 Å². The van der Waals surface area contributed by atoms with E-state index in [1.807, 2.05) is 0 Å². The molecule has 4 heteroatoms. The molecule has 3 atom stereocenters. The molecule has 4 nitrogen and oxygen atoms in total. The van der Waals surface area contributed by atoms with E-state index in [9.17, 15) is 0 Å². The van der Waals surface area contributed by atoms with E-state index in [1.165, 1.54) is 0 Å². The molecule has 0 aromatic heterocycles. The van der Waals surface area contributed by atoms with Crippen LogP contribution in [0.15, 0.2) is 0 Å². The van der Waals surface area contributed by atoms with Gasteiger partial charge in [-0.2, -0.15) is 0 Å². The molecule has 0 aromatic rings. The molecule has 3 unspecified atom stereocenters. The molecule has 2 aliphatic rings. The van der Waals surface area contributed by atoms with Crippen molar-refractivity contribution >= 4 is 0 Å². The Balaban J connectivity index is 2.29. The standard InChI is InChI=1S/C17H33N2O2/c1-6-9-17(8-3)14-21-15(4,7-2)16(5,18-17)19-10-12-20-13-11-19/h6-14H2,1-5H3. The molecule has 0 bridgehead atoms. The normalized spacial score (nSPS) is 42.1. The highest BCUT2D eigenvalue weighted by molar-refractivity contribution is 5.09. The van der Waals surface area contributed by atoms with E-state index in [2.05, 4.69) is 39.5 Å². The molecule has 1 radical (unpaired) electrons. The molecule has 0 aliphatic carbocycles. The van der Waals surface area contributed by atoms with Crippen molar-refractivity contribution in [2.75, 3.05) is 32.9 Å². The molecule has 2 heterocycles. The summed E-state index contributed by atoms with van der Waals surface area (Å²) in [5, 5.41) is 5.45. The maximum atomic E-state index is 6.47. The summed E-state index contributed by atoms with van der Waals surface area (Å²) in [6, 6.07) is 0. The number of hydrogen-bond donors (Lipinski definition) is 0. The van der Waals surface area contributed by atoms with Crippen LogP contribution < -0.4 is 5.32 Å². The van der Waals surface area contributed by atoms with Crippen molar-refractivity contribution in [3.05, 3.63) is 0 Å². The number of ether oxygens (including phenoxy) is 2. The SMILES string of the molecule is CCCC1(CC)COC(C)(CC)C(C)(N2CCOCC2)[N]1. The van der Waals surface area contributed by atoms with Gasteiger partial charge in [-0.05, 0) is 33.1 Å². The molecule has 2 fully saturated rings. The van der Waals surface area contributed by atoms with Crippen molar-refractivity contribution in [3.63, 3.8) is 0 Å². The number of rotatable bonds is 5. The van der Waals surface area contributed by atoms with Crippen LogP contribution in [0.25, 0.3) is 0 Å². The molecule has 0 spiro atoms. The van der Waals surface area contributed by atoms with Gasteiger partial charge in [0.25, 0.3) is 0 Å². The second kappa shape index (κ2) is 6.53. The summed E-state index contributed by atoms with van der Waals surface area (Å²) in [5.74, 6) is 0. The third-order valence-electron chi connectivity index (χ3n) is 5.79. The van der Waals surface area contributed by atoms with E-state index in [0.717, 1.165) is 58.6 Å². The van der Waals surface area contributed by atoms with Crippen LogP contribution in [0, 0.1) is 0 Å². The van der Waals surface area contributed by atoms with Gasteiger partial charge in [0.05, 0.1) is 31.0 Å². The summed E-state index contributed by atoms with van der Waals surface area (Å²) in [7, 11) is 0. The minimum absolute atomic E-state index is 0.0174. The molecule has 0 amide bonds. The monoisotopic (exact) mass is 297 g/mol. The van der Waals surface area contributed by atoms with E-state index in [1.54, 1.807) is 0 Å². The van der Waals surface area contributed by atoms with Crippen LogP contribution in [-0.4, -0.2) is 54.6 Å². The second-order valence-corrected chi connectivity index (χ2v) is 6.93. The molecular weight excluding hydrogens is 264 g/mol. The summed E-state index contributed by atoms with van der Waals surface area (Å²) in [5.41, 5.74) is -0.484.